The van der Waals surface area contributed by atoms with E-state index in [0.29, 0.717) is 12.2 Å². The van der Waals surface area contributed by atoms with Crippen molar-refractivity contribution in [2.75, 3.05) is 18.0 Å². The first-order valence-corrected chi connectivity index (χ1v) is 9.43. The lowest BCUT2D eigenvalue weighted by molar-refractivity contribution is -0.00719. The SMILES string of the molecule is CC(C)OC1CN(c2ncc(Cc3ccc(-n4cccn4)cc3)s2)C1. The van der Waals surface area contributed by atoms with E-state index in [1.54, 1.807) is 17.5 Å². The maximum absolute atomic E-state index is 5.81. The Kier molecular flexibility index (Phi) is 4.55. The number of nitrogens with zero attached hydrogens (tertiary/aromatic N) is 4. The van der Waals surface area contributed by atoms with Gasteiger partial charge in [-0.2, -0.15) is 5.10 Å². The van der Waals surface area contributed by atoms with Crippen LogP contribution in [0.3, 0.4) is 0 Å². The lowest BCUT2D eigenvalue weighted by atomic mass is 10.1. The molecule has 2 aromatic heterocycles. The van der Waals surface area contributed by atoms with Gasteiger partial charge in [-0.25, -0.2) is 9.67 Å². The van der Waals surface area contributed by atoms with Gasteiger partial charge in [0, 0.05) is 43.0 Å². The van der Waals surface area contributed by atoms with Crippen molar-refractivity contribution >= 4 is 16.5 Å². The average molecular weight is 354 g/mol. The highest BCUT2D eigenvalue weighted by atomic mass is 32.1. The molecule has 130 valence electrons. The Hall–Kier alpha value is -2.18. The van der Waals surface area contributed by atoms with E-state index >= 15 is 0 Å². The summed E-state index contributed by atoms with van der Waals surface area (Å²) in [6.07, 6.45) is 7.30. The molecule has 4 rings (SSSR count). The molecular formula is C19H22N4OS. The summed E-state index contributed by atoms with van der Waals surface area (Å²) < 4.78 is 7.68. The third kappa shape index (κ3) is 3.75. The Morgan fingerprint density at radius 1 is 1.24 bits per heavy atom. The van der Waals surface area contributed by atoms with Crippen LogP contribution in [0, 0.1) is 0 Å². The molecule has 1 aliphatic heterocycles. The molecule has 1 saturated heterocycles. The monoisotopic (exact) mass is 354 g/mol. The third-order valence-electron chi connectivity index (χ3n) is 4.21. The predicted octanol–water partition coefficient (Wildman–Crippen LogP) is 3.53. The lowest BCUT2D eigenvalue weighted by Crippen LogP contribution is -2.53. The zero-order valence-corrected chi connectivity index (χ0v) is 15.3. The normalized spacial score (nSPS) is 14.9. The van der Waals surface area contributed by atoms with Gasteiger partial charge >= 0.3 is 0 Å². The molecule has 0 atom stereocenters. The smallest absolute Gasteiger partial charge is 0.185 e. The van der Waals surface area contributed by atoms with Crippen LogP contribution >= 0.6 is 11.3 Å². The molecule has 0 bridgehead atoms. The van der Waals surface area contributed by atoms with Crippen molar-refractivity contribution in [2.45, 2.75) is 32.5 Å². The van der Waals surface area contributed by atoms with E-state index in [1.165, 1.54) is 10.4 Å². The molecule has 6 heteroatoms. The third-order valence-corrected chi connectivity index (χ3v) is 5.27. The summed E-state index contributed by atoms with van der Waals surface area (Å²) in [7, 11) is 0. The van der Waals surface area contributed by atoms with Crippen LogP contribution in [-0.4, -0.2) is 40.1 Å². The second kappa shape index (κ2) is 6.98. The first-order chi connectivity index (χ1) is 12.2. The Morgan fingerprint density at radius 2 is 2.04 bits per heavy atom. The number of aromatic nitrogens is 3. The van der Waals surface area contributed by atoms with Crippen LogP contribution in [0.2, 0.25) is 0 Å². The van der Waals surface area contributed by atoms with E-state index in [9.17, 15) is 0 Å². The van der Waals surface area contributed by atoms with E-state index in [-0.39, 0.29) is 0 Å². The van der Waals surface area contributed by atoms with Gasteiger partial charge in [-0.3, -0.25) is 0 Å². The fourth-order valence-electron chi connectivity index (χ4n) is 2.98. The van der Waals surface area contributed by atoms with Crippen LogP contribution in [-0.2, 0) is 11.2 Å². The topological polar surface area (TPSA) is 43.2 Å². The van der Waals surface area contributed by atoms with Gasteiger partial charge in [0.15, 0.2) is 5.13 Å². The molecule has 1 fully saturated rings. The molecule has 0 N–H and O–H groups in total. The van der Waals surface area contributed by atoms with Crippen molar-refractivity contribution in [1.82, 2.24) is 14.8 Å². The van der Waals surface area contributed by atoms with Crippen LogP contribution in [0.25, 0.3) is 5.69 Å². The second-order valence-corrected chi connectivity index (χ2v) is 7.71. The van der Waals surface area contributed by atoms with Crippen molar-refractivity contribution in [3.05, 3.63) is 59.4 Å². The number of hydrogen-bond acceptors (Lipinski definition) is 5. The van der Waals surface area contributed by atoms with Crippen molar-refractivity contribution in [3.63, 3.8) is 0 Å². The summed E-state index contributed by atoms with van der Waals surface area (Å²) in [5.74, 6) is 0. The molecule has 3 heterocycles. The van der Waals surface area contributed by atoms with Crippen LogP contribution in [0.4, 0.5) is 5.13 Å². The Labute approximate surface area is 151 Å². The molecular weight excluding hydrogens is 332 g/mol. The molecule has 3 aromatic rings. The molecule has 0 radical (unpaired) electrons. The van der Waals surface area contributed by atoms with Gasteiger partial charge < -0.3 is 9.64 Å². The zero-order chi connectivity index (χ0) is 17.2. The molecule has 5 nitrogen and oxygen atoms in total. The molecule has 1 aliphatic rings. The summed E-state index contributed by atoms with van der Waals surface area (Å²) in [5.41, 5.74) is 2.37. The molecule has 0 spiro atoms. The van der Waals surface area contributed by atoms with Crippen molar-refractivity contribution in [2.24, 2.45) is 0 Å². The van der Waals surface area contributed by atoms with Crippen LogP contribution < -0.4 is 4.90 Å². The second-order valence-electron chi connectivity index (χ2n) is 6.61. The van der Waals surface area contributed by atoms with Gasteiger partial charge in [-0.15, -0.1) is 11.3 Å². The van der Waals surface area contributed by atoms with Crippen molar-refractivity contribution < 1.29 is 4.74 Å². The predicted molar refractivity (Wildman–Crippen MR) is 101 cm³/mol. The molecule has 0 aliphatic carbocycles. The van der Waals surface area contributed by atoms with E-state index < -0.39 is 0 Å². The van der Waals surface area contributed by atoms with Gasteiger partial charge in [0.2, 0.25) is 0 Å². The summed E-state index contributed by atoms with van der Waals surface area (Å²) in [6.45, 7) is 6.07. The van der Waals surface area contributed by atoms with Crippen LogP contribution in [0.1, 0.15) is 24.3 Å². The van der Waals surface area contributed by atoms with Gasteiger partial charge in [-0.05, 0) is 37.6 Å². The van der Waals surface area contributed by atoms with E-state index in [2.05, 4.69) is 53.1 Å². The van der Waals surface area contributed by atoms with Crippen molar-refractivity contribution in [1.29, 1.82) is 0 Å². The van der Waals surface area contributed by atoms with Crippen LogP contribution in [0.15, 0.2) is 48.9 Å². The highest BCUT2D eigenvalue weighted by Crippen LogP contribution is 2.29. The highest BCUT2D eigenvalue weighted by Gasteiger charge is 2.30. The standard InChI is InChI=1S/C19H22N4OS/c1-14(2)24-17-12-22(13-17)19-20-11-18(25-19)10-15-4-6-16(7-5-15)23-9-3-8-21-23/h3-9,11,14,17H,10,12-13H2,1-2H3. The van der Waals surface area contributed by atoms with Gasteiger partial charge in [0.25, 0.3) is 0 Å². The number of hydrogen-bond donors (Lipinski definition) is 0. The minimum atomic E-state index is 0.295. The summed E-state index contributed by atoms with van der Waals surface area (Å²) in [6, 6.07) is 10.5. The quantitative estimate of drug-likeness (QED) is 0.679. The van der Waals surface area contributed by atoms with E-state index in [4.69, 9.17) is 4.74 Å². The minimum absolute atomic E-state index is 0.295. The summed E-state index contributed by atoms with van der Waals surface area (Å²) in [5, 5.41) is 5.36. The number of ether oxygens (including phenoxy) is 1. The average Bonchev–Trinajstić information content (AvgIpc) is 3.23. The Balaban J connectivity index is 1.35. The van der Waals surface area contributed by atoms with E-state index in [1.807, 2.05) is 23.1 Å². The molecule has 0 saturated carbocycles. The fraction of sp³-hybridized carbons (Fsp3) is 0.368. The van der Waals surface area contributed by atoms with Crippen LogP contribution in [0.5, 0.6) is 0 Å². The Morgan fingerprint density at radius 3 is 2.72 bits per heavy atom. The lowest BCUT2D eigenvalue weighted by Gasteiger charge is -2.39. The largest absolute Gasteiger partial charge is 0.372 e. The molecule has 1 aromatic carbocycles. The zero-order valence-electron chi connectivity index (χ0n) is 14.5. The summed E-state index contributed by atoms with van der Waals surface area (Å²) in [4.78, 5) is 8.16. The maximum Gasteiger partial charge on any atom is 0.185 e. The highest BCUT2D eigenvalue weighted by molar-refractivity contribution is 7.15. The number of rotatable bonds is 6. The van der Waals surface area contributed by atoms with Gasteiger partial charge in [0.1, 0.15) is 0 Å². The van der Waals surface area contributed by atoms with E-state index in [0.717, 1.165) is 30.3 Å². The number of anilines is 1. The van der Waals surface area contributed by atoms with Gasteiger partial charge in [0.05, 0.1) is 17.9 Å². The minimum Gasteiger partial charge on any atom is -0.372 e. The fourth-order valence-corrected chi connectivity index (χ4v) is 3.94. The molecule has 0 unspecified atom stereocenters. The number of benzene rings is 1. The summed E-state index contributed by atoms with van der Waals surface area (Å²) >= 11 is 1.78. The molecule has 25 heavy (non-hydrogen) atoms. The Bertz CT molecular complexity index is 804. The number of thiazole rings is 1. The maximum atomic E-state index is 5.81. The molecule has 0 amide bonds. The van der Waals surface area contributed by atoms with Crippen molar-refractivity contribution in [3.8, 4) is 5.69 Å². The first-order valence-electron chi connectivity index (χ1n) is 8.61. The van der Waals surface area contributed by atoms with Gasteiger partial charge in [-0.1, -0.05) is 12.1 Å². The first kappa shape index (κ1) is 16.3.